The Morgan fingerprint density at radius 3 is 2.35 bits per heavy atom. The van der Waals surface area contributed by atoms with Crippen LogP contribution >= 0.6 is 0 Å². The van der Waals surface area contributed by atoms with Crippen molar-refractivity contribution in [1.82, 2.24) is 9.80 Å². The zero-order valence-corrected chi connectivity index (χ0v) is 12.2. The highest BCUT2D eigenvalue weighted by Gasteiger charge is 2.30. The maximum atomic E-state index is 10.1. The summed E-state index contributed by atoms with van der Waals surface area (Å²) in [5.41, 5.74) is -0.00666. The molecule has 0 aliphatic carbocycles. The summed E-state index contributed by atoms with van der Waals surface area (Å²) in [6.07, 6.45) is 1.02. The van der Waals surface area contributed by atoms with E-state index in [1.54, 1.807) is 0 Å². The van der Waals surface area contributed by atoms with Crippen molar-refractivity contribution in [3.05, 3.63) is 0 Å². The van der Waals surface area contributed by atoms with Gasteiger partial charge in [0.1, 0.15) is 0 Å². The van der Waals surface area contributed by atoms with E-state index in [-0.39, 0.29) is 11.5 Å². The Bertz CT molecular complexity index is 221. The molecule has 1 fully saturated rings. The third-order valence-electron chi connectivity index (χ3n) is 4.01. The Morgan fingerprint density at radius 2 is 1.88 bits per heavy atom. The summed E-state index contributed by atoms with van der Waals surface area (Å²) in [5.74, 6) is 0. The van der Waals surface area contributed by atoms with Crippen LogP contribution < -0.4 is 0 Å². The lowest BCUT2D eigenvalue weighted by molar-refractivity contribution is 0.0326. The fourth-order valence-corrected chi connectivity index (χ4v) is 2.53. The minimum absolute atomic E-state index is 0.00666. The summed E-state index contributed by atoms with van der Waals surface area (Å²) in [4.78, 5) is 4.95. The number of likely N-dealkylation sites (tertiary alicyclic amines) is 1. The molecule has 0 aromatic carbocycles. The standard InChI is InChI=1S/C14H30N2O/c1-6-16(7-2)12-8-9-15(10-12)11-13(17)14(3,4)5/h12-13,17H,6-11H2,1-5H3. The zero-order chi connectivity index (χ0) is 13.1. The van der Waals surface area contributed by atoms with E-state index in [4.69, 9.17) is 0 Å². The lowest BCUT2D eigenvalue weighted by Gasteiger charge is -2.31. The van der Waals surface area contributed by atoms with Gasteiger partial charge >= 0.3 is 0 Å². The number of aliphatic hydroxyl groups is 1. The first-order chi connectivity index (χ1) is 7.88. The molecule has 1 N–H and O–H groups in total. The van der Waals surface area contributed by atoms with Gasteiger partial charge in [0.15, 0.2) is 0 Å². The van der Waals surface area contributed by atoms with Gasteiger partial charge in [0.2, 0.25) is 0 Å². The molecule has 3 heteroatoms. The molecule has 0 amide bonds. The summed E-state index contributed by atoms with van der Waals surface area (Å²) in [6.45, 7) is 16.1. The van der Waals surface area contributed by atoms with Gasteiger partial charge in [0.25, 0.3) is 0 Å². The molecular weight excluding hydrogens is 212 g/mol. The molecule has 0 saturated carbocycles. The Kier molecular flexibility index (Phi) is 5.42. The molecule has 1 aliphatic heterocycles. The van der Waals surface area contributed by atoms with Crippen LogP contribution in [0.5, 0.6) is 0 Å². The Balaban J connectivity index is 2.40. The number of hydrogen-bond acceptors (Lipinski definition) is 3. The summed E-state index contributed by atoms with van der Waals surface area (Å²) >= 11 is 0. The van der Waals surface area contributed by atoms with E-state index in [9.17, 15) is 5.11 Å². The molecule has 0 aromatic heterocycles. The smallest absolute Gasteiger partial charge is 0.0715 e. The molecule has 0 spiro atoms. The van der Waals surface area contributed by atoms with Crippen LogP contribution in [0.4, 0.5) is 0 Å². The number of likely N-dealkylation sites (N-methyl/N-ethyl adjacent to an activating group) is 1. The van der Waals surface area contributed by atoms with Crippen LogP contribution in [0.2, 0.25) is 0 Å². The van der Waals surface area contributed by atoms with Crippen molar-refractivity contribution in [2.75, 3.05) is 32.7 Å². The second kappa shape index (κ2) is 6.17. The fraction of sp³-hybridized carbons (Fsp3) is 1.00. The topological polar surface area (TPSA) is 26.7 Å². The summed E-state index contributed by atoms with van der Waals surface area (Å²) in [7, 11) is 0. The SMILES string of the molecule is CCN(CC)C1CCN(CC(O)C(C)(C)C)C1. The van der Waals surface area contributed by atoms with Crippen molar-refractivity contribution in [1.29, 1.82) is 0 Å². The average Bonchev–Trinajstić information content (AvgIpc) is 2.67. The number of nitrogens with zero attached hydrogens (tertiary/aromatic N) is 2. The highest BCUT2D eigenvalue weighted by Crippen LogP contribution is 2.22. The van der Waals surface area contributed by atoms with Gasteiger partial charge in [-0.2, -0.15) is 0 Å². The second-order valence-corrected chi connectivity index (χ2v) is 6.31. The molecule has 17 heavy (non-hydrogen) atoms. The van der Waals surface area contributed by atoms with Gasteiger partial charge in [-0.15, -0.1) is 0 Å². The lowest BCUT2D eigenvalue weighted by atomic mass is 9.89. The first-order valence-electron chi connectivity index (χ1n) is 7.03. The largest absolute Gasteiger partial charge is 0.391 e. The van der Waals surface area contributed by atoms with E-state index >= 15 is 0 Å². The Hall–Kier alpha value is -0.120. The third kappa shape index (κ3) is 4.23. The monoisotopic (exact) mass is 242 g/mol. The summed E-state index contributed by atoms with van der Waals surface area (Å²) in [5, 5.41) is 10.1. The number of aliphatic hydroxyl groups excluding tert-OH is 1. The lowest BCUT2D eigenvalue weighted by Crippen LogP contribution is -2.41. The highest BCUT2D eigenvalue weighted by atomic mass is 16.3. The van der Waals surface area contributed by atoms with Gasteiger partial charge in [0.05, 0.1) is 6.10 Å². The molecule has 1 rings (SSSR count). The molecule has 1 aliphatic rings. The normalized spacial score (nSPS) is 24.5. The number of β-amino-alcohol motifs (C(OH)–C–C–N with tert-alkyl or cyclic N) is 1. The predicted octanol–water partition coefficient (Wildman–Crippen LogP) is 1.81. The van der Waals surface area contributed by atoms with Crippen LogP contribution in [0, 0.1) is 5.41 Å². The van der Waals surface area contributed by atoms with Gasteiger partial charge in [-0.05, 0) is 31.5 Å². The van der Waals surface area contributed by atoms with E-state index in [0.717, 1.165) is 32.7 Å². The van der Waals surface area contributed by atoms with Crippen LogP contribution in [0.1, 0.15) is 41.0 Å². The predicted molar refractivity (Wildman–Crippen MR) is 73.2 cm³/mol. The highest BCUT2D eigenvalue weighted by molar-refractivity contribution is 4.85. The molecule has 3 nitrogen and oxygen atoms in total. The minimum atomic E-state index is -0.224. The molecule has 2 atom stereocenters. The second-order valence-electron chi connectivity index (χ2n) is 6.31. The average molecular weight is 242 g/mol. The molecule has 102 valence electrons. The van der Waals surface area contributed by atoms with Gasteiger partial charge in [0, 0.05) is 19.1 Å². The van der Waals surface area contributed by atoms with Gasteiger partial charge < -0.3 is 5.11 Å². The van der Waals surface area contributed by atoms with Crippen molar-refractivity contribution < 1.29 is 5.11 Å². The first kappa shape index (κ1) is 14.9. The number of rotatable bonds is 5. The molecule has 2 unspecified atom stereocenters. The maximum Gasteiger partial charge on any atom is 0.0715 e. The van der Waals surface area contributed by atoms with Crippen molar-refractivity contribution >= 4 is 0 Å². The number of hydrogen-bond donors (Lipinski definition) is 1. The molecule has 0 aromatic rings. The Morgan fingerprint density at radius 1 is 1.29 bits per heavy atom. The van der Waals surface area contributed by atoms with Crippen LogP contribution in [-0.2, 0) is 0 Å². The van der Waals surface area contributed by atoms with Crippen LogP contribution in [0.25, 0.3) is 0 Å². The zero-order valence-electron chi connectivity index (χ0n) is 12.2. The van der Waals surface area contributed by atoms with E-state index in [1.165, 1.54) is 6.42 Å². The quantitative estimate of drug-likeness (QED) is 0.796. The molecule has 0 bridgehead atoms. The van der Waals surface area contributed by atoms with Crippen molar-refractivity contribution in [2.24, 2.45) is 5.41 Å². The van der Waals surface area contributed by atoms with Crippen LogP contribution in [-0.4, -0.2) is 59.8 Å². The van der Waals surface area contributed by atoms with Crippen molar-refractivity contribution in [3.63, 3.8) is 0 Å². The van der Waals surface area contributed by atoms with Crippen molar-refractivity contribution in [2.45, 2.75) is 53.2 Å². The van der Waals surface area contributed by atoms with Crippen molar-refractivity contribution in [3.8, 4) is 0 Å². The van der Waals surface area contributed by atoms with Gasteiger partial charge in [-0.1, -0.05) is 34.6 Å². The first-order valence-corrected chi connectivity index (χ1v) is 7.03. The Labute approximate surface area is 107 Å². The maximum absolute atomic E-state index is 10.1. The minimum Gasteiger partial charge on any atom is -0.391 e. The van der Waals surface area contributed by atoms with E-state index in [0.29, 0.717) is 6.04 Å². The van der Waals surface area contributed by atoms with Crippen LogP contribution in [0.15, 0.2) is 0 Å². The van der Waals surface area contributed by atoms with Gasteiger partial charge in [-0.3, -0.25) is 9.80 Å². The molecule has 0 radical (unpaired) electrons. The van der Waals surface area contributed by atoms with Crippen LogP contribution in [0.3, 0.4) is 0 Å². The van der Waals surface area contributed by atoms with E-state index in [2.05, 4.69) is 44.4 Å². The molecule has 1 saturated heterocycles. The van der Waals surface area contributed by atoms with E-state index < -0.39 is 0 Å². The summed E-state index contributed by atoms with van der Waals surface area (Å²) in [6, 6.07) is 0.692. The molecular formula is C14H30N2O. The van der Waals surface area contributed by atoms with Gasteiger partial charge in [-0.25, -0.2) is 0 Å². The third-order valence-corrected chi connectivity index (χ3v) is 4.01. The fourth-order valence-electron chi connectivity index (χ4n) is 2.53. The summed E-state index contributed by atoms with van der Waals surface area (Å²) < 4.78 is 0. The molecule has 1 heterocycles. The van der Waals surface area contributed by atoms with E-state index in [1.807, 2.05) is 0 Å².